The first-order valence-electron chi connectivity index (χ1n) is 16.0. The van der Waals surface area contributed by atoms with Crippen molar-refractivity contribution >= 4 is 27.9 Å². The van der Waals surface area contributed by atoms with Crippen molar-refractivity contribution in [2.75, 3.05) is 4.90 Å². The lowest BCUT2D eigenvalue weighted by Gasteiger charge is -2.34. The van der Waals surface area contributed by atoms with Gasteiger partial charge in [-0.3, -0.25) is 0 Å². The molecule has 0 amide bonds. The molecule has 2 aliphatic rings. The second-order valence-electron chi connectivity index (χ2n) is 11.8. The molecule has 5 heteroatoms. The Balaban J connectivity index is 1.20. The summed E-state index contributed by atoms with van der Waals surface area (Å²) >= 11 is 0. The van der Waals surface area contributed by atoms with Crippen molar-refractivity contribution in [1.29, 1.82) is 0 Å². The van der Waals surface area contributed by atoms with E-state index in [9.17, 15) is 0 Å². The van der Waals surface area contributed by atoms with Crippen LogP contribution in [-0.4, -0.2) is 19.9 Å². The Morgan fingerprint density at radius 3 is 1.87 bits per heavy atom. The molecule has 2 aromatic heterocycles. The molecule has 0 saturated carbocycles. The number of nitrogens with zero attached hydrogens (tertiary/aromatic N) is 5. The van der Waals surface area contributed by atoms with Crippen LogP contribution in [-0.2, 0) is 0 Å². The topological polar surface area (TPSA) is 54.8 Å². The van der Waals surface area contributed by atoms with E-state index in [1.165, 1.54) is 5.57 Å². The molecule has 47 heavy (non-hydrogen) atoms. The minimum Gasteiger partial charge on any atom is -0.309 e. The molecule has 0 spiro atoms. The third-order valence-electron chi connectivity index (χ3n) is 8.88. The molecule has 1 aliphatic heterocycles. The van der Waals surface area contributed by atoms with E-state index in [0.717, 1.165) is 91.8 Å². The molecule has 0 N–H and O–H groups in total. The molecule has 5 aromatic carbocycles. The molecule has 3 heterocycles. The van der Waals surface area contributed by atoms with Crippen LogP contribution in [0.4, 0.5) is 11.4 Å². The summed E-state index contributed by atoms with van der Waals surface area (Å²) in [5.74, 6) is 1.46. The van der Waals surface area contributed by atoms with Crippen molar-refractivity contribution in [3.8, 4) is 45.3 Å². The minimum atomic E-state index is 0.729. The fourth-order valence-electron chi connectivity index (χ4n) is 6.67. The van der Waals surface area contributed by atoms with Gasteiger partial charge in [-0.2, -0.15) is 0 Å². The first-order valence-corrected chi connectivity index (χ1v) is 16.0. The molecule has 1 aliphatic carbocycles. The Bertz CT molecular complexity index is 2290. The van der Waals surface area contributed by atoms with E-state index in [2.05, 4.69) is 114 Å². The smallest absolute Gasteiger partial charge is 0.160 e. The quantitative estimate of drug-likeness (QED) is 0.196. The predicted molar refractivity (Wildman–Crippen MR) is 191 cm³/mol. The highest BCUT2D eigenvalue weighted by Gasteiger charge is 2.29. The van der Waals surface area contributed by atoms with Crippen LogP contribution in [0.25, 0.3) is 61.8 Å². The second-order valence-corrected chi connectivity index (χ2v) is 11.8. The highest BCUT2D eigenvalue weighted by molar-refractivity contribution is 6.11. The normalized spacial score (nSPS) is 13.6. The Morgan fingerprint density at radius 1 is 0.511 bits per heavy atom. The maximum atomic E-state index is 5.17. The minimum absolute atomic E-state index is 0.729. The van der Waals surface area contributed by atoms with Gasteiger partial charge < -0.3 is 4.90 Å². The standard InChI is InChI=1S/C42H29N5/c1-4-14-28(15-5-1)35-27-36(45-41(44-35)29-16-6-2-7-17-29)31-20-12-21-32(26-31)47-37-24-11-10-22-33(37)40-39-34(23-13-25-38(39)47)43-42(46-40)30-18-8-3-9-19-30/h1-11,13-19,21-27H,12,20H2. The van der Waals surface area contributed by atoms with Crippen LogP contribution in [0.15, 0.2) is 157 Å². The van der Waals surface area contributed by atoms with Gasteiger partial charge in [0.2, 0.25) is 0 Å². The summed E-state index contributed by atoms with van der Waals surface area (Å²) in [5, 5.41) is 1.06. The van der Waals surface area contributed by atoms with Gasteiger partial charge in [0.25, 0.3) is 0 Å². The number of hydrogen-bond acceptors (Lipinski definition) is 5. The summed E-state index contributed by atoms with van der Waals surface area (Å²) < 4.78 is 0. The lowest BCUT2D eigenvalue weighted by Crippen LogP contribution is -2.21. The van der Waals surface area contributed by atoms with Crippen LogP contribution in [0.1, 0.15) is 18.5 Å². The van der Waals surface area contributed by atoms with Gasteiger partial charge in [0.15, 0.2) is 11.6 Å². The van der Waals surface area contributed by atoms with Crippen LogP contribution in [0.2, 0.25) is 0 Å². The van der Waals surface area contributed by atoms with Crippen LogP contribution in [0.3, 0.4) is 0 Å². The zero-order valence-corrected chi connectivity index (χ0v) is 25.6. The van der Waals surface area contributed by atoms with Gasteiger partial charge >= 0.3 is 0 Å². The molecule has 7 aromatic rings. The molecular weight excluding hydrogens is 574 g/mol. The van der Waals surface area contributed by atoms with Crippen LogP contribution >= 0.6 is 0 Å². The van der Waals surface area contributed by atoms with Gasteiger partial charge in [0.05, 0.1) is 39.4 Å². The molecule has 0 atom stereocenters. The fraction of sp³-hybridized carbons (Fsp3) is 0.0476. The molecule has 0 radical (unpaired) electrons. The lowest BCUT2D eigenvalue weighted by atomic mass is 9.93. The molecule has 0 unspecified atom stereocenters. The van der Waals surface area contributed by atoms with Crippen molar-refractivity contribution in [3.05, 3.63) is 163 Å². The van der Waals surface area contributed by atoms with Gasteiger partial charge in [0, 0.05) is 28.0 Å². The molecule has 9 rings (SSSR count). The van der Waals surface area contributed by atoms with Crippen molar-refractivity contribution < 1.29 is 0 Å². The number of para-hydroxylation sites is 1. The van der Waals surface area contributed by atoms with Gasteiger partial charge in [-0.05, 0) is 48.8 Å². The first kappa shape index (κ1) is 27.1. The Hall–Kier alpha value is -6.20. The average Bonchev–Trinajstić information content (AvgIpc) is 3.16. The third-order valence-corrected chi connectivity index (χ3v) is 8.88. The number of rotatable bonds is 5. The summed E-state index contributed by atoms with van der Waals surface area (Å²) in [6.07, 6.45) is 6.43. The molecule has 0 bridgehead atoms. The summed E-state index contributed by atoms with van der Waals surface area (Å²) in [4.78, 5) is 22.7. The fourth-order valence-corrected chi connectivity index (χ4v) is 6.67. The monoisotopic (exact) mass is 603 g/mol. The van der Waals surface area contributed by atoms with E-state index >= 15 is 0 Å². The Labute approximate surface area is 273 Å². The molecule has 5 nitrogen and oxygen atoms in total. The van der Waals surface area contributed by atoms with E-state index in [-0.39, 0.29) is 0 Å². The number of anilines is 2. The van der Waals surface area contributed by atoms with Gasteiger partial charge in [0.1, 0.15) is 0 Å². The summed E-state index contributed by atoms with van der Waals surface area (Å²) in [6, 6.07) is 47.9. The Morgan fingerprint density at radius 2 is 1.13 bits per heavy atom. The maximum absolute atomic E-state index is 5.17. The van der Waals surface area contributed by atoms with E-state index in [1.54, 1.807) is 0 Å². The number of benzene rings is 5. The van der Waals surface area contributed by atoms with Gasteiger partial charge in [-0.15, -0.1) is 0 Å². The summed E-state index contributed by atoms with van der Waals surface area (Å²) in [5.41, 5.74) is 12.4. The predicted octanol–water partition coefficient (Wildman–Crippen LogP) is 10.3. The molecule has 222 valence electrons. The van der Waals surface area contributed by atoms with E-state index in [1.807, 2.05) is 42.5 Å². The van der Waals surface area contributed by atoms with Crippen molar-refractivity contribution in [3.63, 3.8) is 0 Å². The van der Waals surface area contributed by atoms with Crippen LogP contribution in [0.5, 0.6) is 0 Å². The SMILES string of the molecule is C1=C(c2cc(-c3ccccc3)nc(-c3ccccc3)n2)CCC=C1N1c2ccccc2-c2nc(-c3ccccc3)nc3cccc1c23. The van der Waals surface area contributed by atoms with E-state index in [0.29, 0.717) is 0 Å². The highest BCUT2D eigenvalue weighted by atomic mass is 15.2. The van der Waals surface area contributed by atoms with Gasteiger partial charge in [-0.25, -0.2) is 19.9 Å². The first-order chi connectivity index (χ1) is 23.3. The number of hydrogen-bond donors (Lipinski definition) is 0. The van der Waals surface area contributed by atoms with E-state index in [4.69, 9.17) is 19.9 Å². The molecule has 0 fully saturated rings. The summed E-state index contributed by atoms with van der Waals surface area (Å²) in [6.45, 7) is 0. The molecular formula is C42H29N5. The molecule has 0 saturated heterocycles. The van der Waals surface area contributed by atoms with Crippen molar-refractivity contribution in [2.24, 2.45) is 0 Å². The lowest BCUT2D eigenvalue weighted by molar-refractivity contribution is 0.997. The Kier molecular flexibility index (Phi) is 6.53. The largest absolute Gasteiger partial charge is 0.309 e. The van der Waals surface area contributed by atoms with E-state index < -0.39 is 0 Å². The number of aromatic nitrogens is 4. The number of allylic oxidation sites excluding steroid dienone is 3. The summed E-state index contributed by atoms with van der Waals surface area (Å²) in [7, 11) is 0. The number of fused-ring (bicyclic) bond motifs is 2. The average molecular weight is 604 g/mol. The van der Waals surface area contributed by atoms with Gasteiger partial charge in [-0.1, -0.05) is 121 Å². The third kappa shape index (κ3) is 4.80. The zero-order valence-electron chi connectivity index (χ0n) is 25.6. The van der Waals surface area contributed by atoms with Crippen molar-refractivity contribution in [1.82, 2.24) is 19.9 Å². The second kappa shape index (κ2) is 11.3. The maximum Gasteiger partial charge on any atom is 0.160 e. The van der Waals surface area contributed by atoms with Crippen molar-refractivity contribution in [2.45, 2.75) is 12.8 Å². The zero-order chi connectivity index (χ0) is 31.2. The highest BCUT2D eigenvalue weighted by Crippen LogP contribution is 2.49. The van der Waals surface area contributed by atoms with Crippen LogP contribution in [0, 0.1) is 0 Å². The van der Waals surface area contributed by atoms with Crippen LogP contribution < -0.4 is 4.90 Å².